The fourth-order valence-electron chi connectivity index (χ4n) is 1.51. The lowest BCUT2D eigenvalue weighted by Crippen LogP contribution is -2.21. The Bertz CT molecular complexity index is 492. The maximum Gasteiger partial charge on any atom is 0.0931 e. The summed E-state index contributed by atoms with van der Waals surface area (Å²) in [4.78, 5) is 2.33. The number of thioether (sulfide) groups is 1. The third-order valence-corrected chi connectivity index (χ3v) is 5.18. The number of hydrogen-bond acceptors (Lipinski definition) is 4. The van der Waals surface area contributed by atoms with Crippen molar-refractivity contribution in [2.45, 2.75) is 23.1 Å². The van der Waals surface area contributed by atoms with Crippen molar-refractivity contribution in [1.82, 2.24) is 9.78 Å². The molecule has 2 unspecified atom stereocenters. The Balaban J connectivity index is 2.18. The summed E-state index contributed by atoms with van der Waals surface area (Å²) in [5.74, 6) is 0. The van der Waals surface area contributed by atoms with Crippen LogP contribution in [0.2, 0.25) is 4.34 Å². The third kappa shape index (κ3) is 3.25. The van der Waals surface area contributed by atoms with Crippen molar-refractivity contribution in [3.8, 4) is 0 Å². The van der Waals surface area contributed by atoms with Gasteiger partial charge in [0, 0.05) is 29.1 Å². The highest BCUT2D eigenvalue weighted by Crippen LogP contribution is 2.40. The summed E-state index contributed by atoms with van der Waals surface area (Å²) in [6.45, 7) is 2.02. The van der Waals surface area contributed by atoms with E-state index in [0.717, 1.165) is 9.23 Å². The lowest BCUT2D eigenvalue weighted by atomic mass is 10.2. The molecule has 0 radical (unpaired) electrons. The Labute approximate surface area is 114 Å². The van der Waals surface area contributed by atoms with Gasteiger partial charge in [0.05, 0.1) is 15.8 Å². The van der Waals surface area contributed by atoms with Gasteiger partial charge in [-0.2, -0.15) is 5.10 Å². The molecule has 2 aromatic heterocycles. The number of halogens is 1. The fraction of sp³-hybridized carbons (Fsp3) is 0.364. The van der Waals surface area contributed by atoms with E-state index in [0.29, 0.717) is 0 Å². The van der Waals surface area contributed by atoms with Crippen LogP contribution in [-0.4, -0.2) is 15.8 Å². The van der Waals surface area contributed by atoms with Crippen LogP contribution in [0.25, 0.3) is 0 Å². The largest absolute Gasteiger partial charge is 0.327 e. The number of aromatic nitrogens is 2. The number of thiophene rings is 1. The van der Waals surface area contributed by atoms with Crippen molar-refractivity contribution < 1.29 is 0 Å². The van der Waals surface area contributed by atoms with Crippen LogP contribution in [0.15, 0.2) is 29.4 Å². The van der Waals surface area contributed by atoms with E-state index in [1.54, 1.807) is 27.8 Å². The maximum atomic E-state index is 6.05. The molecule has 0 aliphatic rings. The van der Waals surface area contributed by atoms with Gasteiger partial charge >= 0.3 is 0 Å². The highest BCUT2D eigenvalue weighted by atomic mass is 35.5. The van der Waals surface area contributed by atoms with Crippen LogP contribution in [0.5, 0.6) is 0 Å². The minimum absolute atomic E-state index is 0.0647. The van der Waals surface area contributed by atoms with E-state index in [2.05, 4.69) is 5.10 Å². The van der Waals surface area contributed by atoms with Crippen LogP contribution in [-0.2, 0) is 7.05 Å². The zero-order chi connectivity index (χ0) is 12.4. The van der Waals surface area contributed by atoms with Gasteiger partial charge in [0.15, 0.2) is 0 Å². The molecule has 0 fully saturated rings. The van der Waals surface area contributed by atoms with Crippen molar-refractivity contribution in [2.75, 3.05) is 0 Å². The summed E-state index contributed by atoms with van der Waals surface area (Å²) < 4.78 is 2.60. The average Bonchev–Trinajstić information content (AvgIpc) is 2.83. The molecule has 3 nitrogen and oxygen atoms in total. The van der Waals surface area contributed by atoms with Gasteiger partial charge in [-0.1, -0.05) is 11.6 Å². The second kappa shape index (κ2) is 5.44. The Morgan fingerprint density at radius 2 is 2.29 bits per heavy atom. The quantitative estimate of drug-likeness (QED) is 0.878. The molecule has 2 atom stereocenters. The molecule has 6 heteroatoms. The Kier molecular flexibility index (Phi) is 4.14. The third-order valence-electron chi connectivity index (χ3n) is 2.30. The summed E-state index contributed by atoms with van der Waals surface area (Å²) in [7, 11) is 1.91. The minimum Gasteiger partial charge on any atom is -0.327 e. The van der Waals surface area contributed by atoms with Crippen molar-refractivity contribution >= 4 is 34.7 Å². The molecule has 0 aliphatic carbocycles. The average molecular weight is 288 g/mol. The molecular weight excluding hydrogens is 274 g/mol. The molecule has 0 spiro atoms. The molecule has 2 rings (SSSR count). The molecule has 0 saturated carbocycles. The number of hydrogen-bond donors (Lipinski definition) is 1. The number of nitrogens with two attached hydrogens (primary N) is 1. The van der Waals surface area contributed by atoms with Gasteiger partial charge in [-0.05, 0) is 19.1 Å². The molecular formula is C11H14ClN3S2. The Morgan fingerprint density at radius 3 is 2.76 bits per heavy atom. The highest BCUT2D eigenvalue weighted by Gasteiger charge is 2.20. The smallest absolute Gasteiger partial charge is 0.0931 e. The van der Waals surface area contributed by atoms with Crippen LogP contribution >= 0.6 is 34.7 Å². The summed E-state index contributed by atoms with van der Waals surface area (Å²) in [5.41, 5.74) is 6.05. The molecule has 17 heavy (non-hydrogen) atoms. The van der Waals surface area contributed by atoms with E-state index in [9.17, 15) is 0 Å². The zero-order valence-electron chi connectivity index (χ0n) is 9.63. The van der Waals surface area contributed by atoms with Gasteiger partial charge in [-0.3, -0.25) is 4.68 Å². The van der Waals surface area contributed by atoms with Gasteiger partial charge < -0.3 is 5.73 Å². The second-order valence-electron chi connectivity index (χ2n) is 3.89. The van der Waals surface area contributed by atoms with E-state index < -0.39 is 0 Å². The van der Waals surface area contributed by atoms with Crippen molar-refractivity contribution in [3.63, 3.8) is 0 Å². The molecule has 0 bridgehead atoms. The van der Waals surface area contributed by atoms with Crippen LogP contribution in [0.4, 0.5) is 0 Å². The van der Waals surface area contributed by atoms with Gasteiger partial charge in [0.1, 0.15) is 0 Å². The summed E-state index contributed by atoms with van der Waals surface area (Å²) in [6, 6.07) is 4.03. The van der Waals surface area contributed by atoms with E-state index in [-0.39, 0.29) is 11.3 Å². The van der Waals surface area contributed by atoms with Crippen LogP contribution in [0, 0.1) is 0 Å². The standard InChI is InChI=1S/C11H14ClN3S2/c1-7(13)11(9-3-4-10(12)17-9)16-8-5-14-15(2)6-8/h3-7,11H,13H2,1-2H3. The first-order chi connectivity index (χ1) is 8.06. The summed E-state index contributed by atoms with van der Waals surface area (Å²) in [6.07, 6.45) is 3.85. The first-order valence-electron chi connectivity index (χ1n) is 5.22. The van der Waals surface area contributed by atoms with Gasteiger partial charge in [-0.15, -0.1) is 23.1 Å². The van der Waals surface area contributed by atoms with Gasteiger partial charge in [0.25, 0.3) is 0 Å². The Hall–Kier alpha value is -0.490. The Morgan fingerprint density at radius 1 is 1.53 bits per heavy atom. The van der Waals surface area contributed by atoms with Crippen LogP contribution in [0.3, 0.4) is 0 Å². The van der Waals surface area contributed by atoms with Crippen molar-refractivity contribution in [3.05, 3.63) is 33.7 Å². The zero-order valence-corrected chi connectivity index (χ0v) is 12.0. The molecule has 0 amide bonds. The van der Waals surface area contributed by atoms with Gasteiger partial charge in [-0.25, -0.2) is 0 Å². The SMILES string of the molecule is CC(N)C(Sc1cnn(C)c1)c1ccc(Cl)s1. The topological polar surface area (TPSA) is 43.8 Å². The molecule has 0 aromatic carbocycles. The van der Waals surface area contributed by atoms with Crippen LogP contribution in [0.1, 0.15) is 17.1 Å². The molecule has 2 N–H and O–H groups in total. The first kappa shape index (κ1) is 13.0. The fourth-order valence-corrected chi connectivity index (χ4v) is 3.98. The van der Waals surface area contributed by atoms with Crippen molar-refractivity contribution in [1.29, 1.82) is 0 Å². The highest BCUT2D eigenvalue weighted by molar-refractivity contribution is 7.99. The number of nitrogens with zero attached hydrogens (tertiary/aromatic N) is 2. The van der Waals surface area contributed by atoms with E-state index >= 15 is 0 Å². The van der Waals surface area contributed by atoms with Crippen molar-refractivity contribution in [2.24, 2.45) is 12.8 Å². The normalized spacial score (nSPS) is 14.8. The van der Waals surface area contributed by atoms with E-state index in [1.165, 1.54) is 4.88 Å². The monoisotopic (exact) mass is 287 g/mol. The first-order valence-corrected chi connectivity index (χ1v) is 7.30. The molecule has 0 saturated heterocycles. The molecule has 92 valence electrons. The predicted molar refractivity (Wildman–Crippen MR) is 74.8 cm³/mol. The maximum absolute atomic E-state index is 6.05. The van der Waals surface area contributed by atoms with Crippen LogP contribution < -0.4 is 5.73 Å². The van der Waals surface area contributed by atoms with E-state index in [1.807, 2.05) is 38.5 Å². The number of rotatable bonds is 4. The lowest BCUT2D eigenvalue weighted by Gasteiger charge is -2.17. The predicted octanol–water partition coefficient (Wildman–Crippen LogP) is 3.32. The summed E-state index contributed by atoms with van der Waals surface area (Å²) in [5, 5.41) is 4.38. The van der Waals surface area contributed by atoms with Gasteiger partial charge in [0.2, 0.25) is 0 Å². The molecule has 0 aliphatic heterocycles. The lowest BCUT2D eigenvalue weighted by molar-refractivity contribution is 0.729. The molecule has 2 heterocycles. The molecule has 2 aromatic rings. The number of aryl methyl sites for hydroxylation is 1. The second-order valence-corrected chi connectivity index (χ2v) is 6.85. The summed E-state index contributed by atoms with van der Waals surface area (Å²) >= 11 is 9.28. The van der Waals surface area contributed by atoms with E-state index in [4.69, 9.17) is 17.3 Å². The minimum atomic E-state index is 0.0647.